The number of amides is 2. The normalized spacial score (nSPS) is 12.9. The maximum Gasteiger partial charge on any atom is 0.305 e. The van der Waals surface area contributed by atoms with Crippen molar-refractivity contribution in [2.24, 2.45) is 0 Å². The molecule has 0 radical (unpaired) electrons. The predicted octanol–water partition coefficient (Wildman–Crippen LogP) is 3.34. The van der Waals surface area contributed by atoms with Crippen LogP contribution in [0.3, 0.4) is 0 Å². The minimum atomic E-state index is -0.408. The molecule has 0 bridgehead atoms. The highest BCUT2D eigenvalue weighted by Crippen LogP contribution is 2.23. The molecule has 0 unspecified atom stereocenters. The topological polar surface area (TPSA) is 72.9 Å². The van der Waals surface area contributed by atoms with Crippen LogP contribution in [0, 0.1) is 0 Å². The van der Waals surface area contributed by atoms with E-state index in [0.717, 1.165) is 0 Å². The van der Waals surface area contributed by atoms with Gasteiger partial charge in [0.15, 0.2) is 0 Å². The number of hydrogen-bond donors (Lipinski definition) is 0. The van der Waals surface area contributed by atoms with Crippen LogP contribution in [0.1, 0.15) is 33.6 Å². The van der Waals surface area contributed by atoms with Crippen LogP contribution in [0.5, 0.6) is 5.75 Å². The van der Waals surface area contributed by atoms with E-state index in [-0.39, 0.29) is 38.0 Å². The van der Waals surface area contributed by atoms with Gasteiger partial charge >= 0.3 is 5.97 Å². The van der Waals surface area contributed by atoms with Gasteiger partial charge in [0.1, 0.15) is 19.0 Å². The summed E-state index contributed by atoms with van der Waals surface area (Å²) in [6, 6.07) is 13.7. The first kappa shape index (κ1) is 18.9. The van der Waals surface area contributed by atoms with Gasteiger partial charge in [0, 0.05) is 13.0 Å². The van der Waals surface area contributed by atoms with E-state index in [9.17, 15) is 14.4 Å². The predicted molar refractivity (Wildman–Crippen MR) is 98.9 cm³/mol. The summed E-state index contributed by atoms with van der Waals surface area (Å²) >= 11 is 5.96. The van der Waals surface area contributed by atoms with E-state index in [1.807, 2.05) is 0 Å². The average Bonchev–Trinajstić information content (AvgIpc) is 2.92. The molecule has 1 aliphatic rings. The summed E-state index contributed by atoms with van der Waals surface area (Å²) in [4.78, 5) is 37.4. The Morgan fingerprint density at radius 1 is 0.926 bits per heavy atom. The van der Waals surface area contributed by atoms with E-state index in [4.69, 9.17) is 21.1 Å². The molecule has 0 saturated carbocycles. The van der Waals surface area contributed by atoms with E-state index in [1.165, 1.54) is 4.90 Å². The van der Waals surface area contributed by atoms with Gasteiger partial charge in [-0.05, 0) is 30.7 Å². The van der Waals surface area contributed by atoms with Crippen molar-refractivity contribution in [3.63, 3.8) is 0 Å². The molecule has 2 amide bonds. The van der Waals surface area contributed by atoms with Crippen molar-refractivity contribution in [3.8, 4) is 5.75 Å². The molecule has 3 rings (SSSR count). The van der Waals surface area contributed by atoms with Crippen molar-refractivity contribution < 1.29 is 23.9 Å². The Kier molecular flexibility index (Phi) is 6.08. The molecular weight excluding hydrogens is 370 g/mol. The van der Waals surface area contributed by atoms with Crippen LogP contribution in [0.25, 0.3) is 0 Å². The molecule has 1 heterocycles. The van der Waals surface area contributed by atoms with Gasteiger partial charge in [0.2, 0.25) is 0 Å². The Labute approximate surface area is 161 Å². The first-order valence-corrected chi connectivity index (χ1v) is 8.94. The fourth-order valence-corrected chi connectivity index (χ4v) is 2.96. The molecule has 0 N–H and O–H groups in total. The van der Waals surface area contributed by atoms with Gasteiger partial charge in [-0.1, -0.05) is 35.9 Å². The van der Waals surface area contributed by atoms with Gasteiger partial charge in [-0.3, -0.25) is 19.3 Å². The molecule has 0 atom stereocenters. The van der Waals surface area contributed by atoms with Crippen molar-refractivity contribution in [3.05, 3.63) is 64.7 Å². The van der Waals surface area contributed by atoms with Crippen LogP contribution in [0.15, 0.2) is 48.5 Å². The zero-order valence-corrected chi connectivity index (χ0v) is 15.3. The van der Waals surface area contributed by atoms with Gasteiger partial charge in [-0.25, -0.2) is 0 Å². The summed E-state index contributed by atoms with van der Waals surface area (Å²) in [6.07, 6.45) is 0.454. The van der Waals surface area contributed by atoms with Gasteiger partial charge in [0.25, 0.3) is 11.8 Å². The SMILES string of the molecule is O=C(CCCN1C(=O)c2ccccc2C1=O)OCCOc1ccccc1Cl. The first-order chi connectivity index (χ1) is 13.1. The summed E-state index contributed by atoms with van der Waals surface area (Å²) in [5.74, 6) is -0.524. The van der Waals surface area contributed by atoms with Gasteiger partial charge in [-0.2, -0.15) is 0 Å². The van der Waals surface area contributed by atoms with E-state index < -0.39 is 5.97 Å². The van der Waals surface area contributed by atoms with Crippen LogP contribution in [-0.2, 0) is 9.53 Å². The van der Waals surface area contributed by atoms with Crippen molar-refractivity contribution in [2.75, 3.05) is 19.8 Å². The molecule has 0 spiro atoms. The largest absolute Gasteiger partial charge is 0.488 e. The van der Waals surface area contributed by atoms with Gasteiger partial charge in [-0.15, -0.1) is 0 Å². The minimum absolute atomic E-state index is 0.0943. The number of halogens is 1. The smallest absolute Gasteiger partial charge is 0.305 e. The number of rotatable bonds is 8. The van der Waals surface area contributed by atoms with Crippen LogP contribution in [0.2, 0.25) is 5.02 Å². The summed E-state index contributed by atoms with van der Waals surface area (Å²) in [6.45, 7) is 0.461. The lowest BCUT2D eigenvalue weighted by Crippen LogP contribution is -2.31. The van der Waals surface area contributed by atoms with E-state index in [0.29, 0.717) is 28.3 Å². The molecule has 2 aromatic rings. The molecular formula is C20H18ClNO5. The van der Waals surface area contributed by atoms with E-state index >= 15 is 0 Å². The highest BCUT2D eigenvalue weighted by molar-refractivity contribution is 6.32. The molecule has 6 nitrogen and oxygen atoms in total. The highest BCUT2D eigenvalue weighted by atomic mass is 35.5. The standard InChI is InChI=1S/C20H18ClNO5/c21-16-8-3-4-9-17(16)26-12-13-27-18(23)10-5-11-22-19(24)14-6-1-2-7-15(14)20(22)25/h1-4,6-9H,5,10-13H2. The third kappa shape index (κ3) is 4.46. The Bertz CT molecular complexity index is 832. The Morgan fingerprint density at radius 3 is 2.22 bits per heavy atom. The van der Waals surface area contributed by atoms with Crippen LogP contribution >= 0.6 is 11.6 Å². The Balaban J connectivity index is 1.36. The first-order valence-electron chi connectivity index (χ1n) is 8.56. The number of carbonyl (C=O) groups is 3. The molecule has 0 aliphatic carbocycles. The van der Waals surface area contributed by atoms with Crippen LogP contribution in [-0.4, -0.2) is 42.4 Å². The van der Waals surface area contributed by atoms with Crippen LogP contribution < -0.4 is 4.74 Å². The van der Waals surface area contributed by atoms with Gasteiger partial charge in [0.05, 0.1) is 16.1 Å². The molecule has 27 heavy (non-hydrogen) atoms. The zero-order chi connectivity index (χ0) is 19.2. The lowest BCUT2D eigenvalue weighted by molar-refractivity contribution is -0.144. The third-order valence-corrected chi connectivity index (χ3v) is 4.39. The number of para-hydroxylation sites is 1. The van der Waals surface area contributed by atoms with Crippen molar-refractivity contribution in [1.29, 1.82) is 0 Å². The molecule has 7 heteroatoms. The second kappa shape index (κ2) is 8.68. The number of imide groups is 1. The summed E-state index contributed by atoms with van der Waals surface area (Å²) < 4.78 is 10.5. The zero-order valence-electron chi connectivity index (χ0n) is 14.5. The summed E-state index contributed by atoms with van der Waals surface area (Å²) in [5.41, 5.74) is 0.809. The number of carbonyl (C=O) groups excluding carboxylic acids is 3. The quantitative estimate of drug-likeness (QED) is 0.394. The molecule has 0 fully saturated rings. The minimum Gasteiger partial charge on any atom is -0.488 e. The lowest BCUT2D eigenvalue weighted by Gasteiger charge is -2.13. The van der Waals surface area contributed by atoms with Crippen LogP contribution in [0.4, 0.5) is 0 Å². The number of nitrogens with zero attached hydrogens (tertiary/aromatic N) is 1. The molecule has 0 aromatic heterocycles. The number of hydrogen-bond acceptors (Lipinski definition) is 5. The van der Waals surface area contributed by atoms with E-state index in [1.54, 1.807) is 48.5 Å². The van der Waals surface area contributed by atoms with Crippen molar-refractivity contribution in [2.45, 2.75) is 12.8 Å². The highest BCUT2D eigenvalue weighted by Gasteiger charge is 2.34. The monoisotopic (exact) mass is 387 g/mol. The fourth-order valence-electron chi connectivity index (χ4n) is 2.76. The maximum atomic E-state index is 12.2. The number of esters is 1. The Morgan fingerprint density at radius 2 is 1.56 bits per heavy atom. The molecule has 1 aliphatic heterocycles. The second-order valence-corrected chi connectivity index (χ2v) is 6.32. The number of ether oxygens (including phenoxy) is 2. The average molecular weight is 388 g/mol. The lowest BCUT2D eigenvalue weighted by atomic mass is 10.1. The van der Waals surface area contributed by atoms with E-state index in [2.05, 4.69) is 0 Å². The number of benzene rings is 2. The summed E-state index contributed by atoms with van der Waals surface area (Å²) in [7, 11) is 0. The maximum absolute atomic E-state index is 12.2. The summed E-state index contributed by atoms with van der Waals surface area (Å²) in [5, 5.41) is 0.491. The molecule has 0 saturated heterocycles. The van der Waals surface area contributed by atoms with Gasteiger partial charge < -0.3 is 9.47 Å². The molecule has 2 aromatic carbocycles. The fraction of sp³-hybridized carbons (Fsp3) is 0.250. The Hall–Kier alpha value is -2.86. The third-order valence-electron chi connectivity index (χ3n) is 4.08. The molecule has 140 valence electrons. The van der Waals surface area contributed by atoms with Crippen molar-refractivity contribution >= 4 is 29.4 Å². The number of fused-ring (bicyclic) bond motifs is 1. The van der Waals surface area contributed by atoms with Crippen molar-refractivity contribution in [1.82, 2.24) is 4.90 Å². The second-order valence-electron chi connectivity index (χ2n) is 5.91.